The van der Waals surface area contributed by atoms with E-state index in [-0.39, 0.29) is 43.6 Å². The SMILES string of the molecule is CC(C)C[C@H](NC(=O)[C@H](CCC(N)=O)NC(=O)[C@H](CCC(=O)O)NC(=O)[C@H](CO)NC(=O)[C@@H](NC(=O)[C@@H](N)CC(C)C)C(C)C)C(=O)N[C@@H](CCCN=C(N)N)C(=O)O. The number of aliphatic hydroxyl groups is 1. The fourth-order valence-electron chi connectivity index (χ4n) is 5.51. The van der Waals surface area contributed by atoms with E-state index in [0.29, 0.717) is 6.42 Å². The molecule has 0 aromatic carbocycles. The molecule has 0 aliphatic carbocycles. The first-order valence-corrected chi connectivity index (χ1v) is 19.4. The molecule has 23 nitrogen and oxygen atoms in total. The predicted octanol–water partition coefficient (Wildman–Crippen LogP) is -3.77. The highest BCUT2D eigenvalue weighted by Crippen LogP contribution is 2.11. The Morgan fingerprint density at radius 2 is 1.02 bits per heavy atom. The van der Waals surface area contributed by atoms with Crippen LogP contribution in [-0.2, 0) is 43.2 Å². The Balaban J connectivity index is 6.28. The van der Waals surface area contributed by atoms with Crippen LogP contribution in [0.4, 0.5) is 0 Å². The van der Waals surface area contributed by atoms with E-state index in [4.69, 9.17) is 22.9 Å². The number of aliphatic hydroxyl groups excluding tert-OH is 1. The van der Waals surface area contributed by atoms with E-state index in [2.05, 4.69) is 36.9 Å². The molecule has 0 aliphatic heterocycles. The van der Waals surface area contributed by atoms with E-state index in [1.54, 1.807) is 27.7 Å². The van der Waals surface area contributed by atoms with Crippen molar-refractivity contribution in [2.24, 2.45) is 45.7 Å². The zero-order chi connectivity index (χ0) is 45.6. The summed E-state index contributed by atoms with van der Waals surface area (Å²) in [6.45, 7) is 9.50. The van der Waals surface area contributed by atoms with Gasteiger partial charge in [-0.05, 0) is 56.3 Å². The Hall–Kier alpha value is -5.58. The van der Waals surface area contributed by atoms with E-state index in [9.17, 15) is 58.5 Å². The molecule has 0 rings (SSSR count). The van der Waals surface area contributed by atoms with Crippen LogP contribution in [0.15, 0.2) is 4.99 Å². The van der Waals surface area contributed by atoms with Crippen LogP contribution in [0.5, 0.6) is 0 Å². The highest BCUT2D eigenvalue weighted by molar-refractivity contribution is 5.97. The number of amides is 7. The number of carboxylic acids is 2. The van der Waals surface area contributed by atoms with Crippen LogP contribution in [0.3, 0.4) is 0 Å². The Morgan fingerprint density at radius 3 is 1.46 bits per heavy atom. The number of aliphatic imine (C=N–C) groups is 1. The predicted molar refractivity (Wildman–Crippen MR) is 213 cm³/mol. The average Bonchev–Trinajstić information content (AvgIpc) is 3.12. The molecule has 0 heterocycles. The van der Waals surface area contributed by atoms with Gasteiger partial charge in [-0.2, -0.15) is 0 Å². The average molecular weight is 844 g/mol. The zero-order valence-electron chi connectivity index (χ0n) is 34.6. The van der Waals surface area contributed by atoms with Gasteiger partial charge in [0.05, 0.1) is 12.6 Å². The van der Waals surface area contributed by atoms with Crippen LogP contribution in [-0.4, -0.2) is 130 Å². The number of hydrogen-bond donors (Lipinski definition) is 13. The van der Waals surface area contributed by atoms with Crippen molar-refractivity contribution in [2.75, 3.05) is 13.2 Å². The number of primary amides is 1. The van der Waals surface area contributed by atoms with Crippen LogP contribution in [0.25, 0.3) is 0 Å². The molecule has 0 saturated carbocycles. The van der Waals surface area contributed by atoms with E-state index < -0.39 is 134 Å². The summed E-state index contributed by atoms with van der Waals surface area (Å²) in [5.74, 6) is -10.0. The Morgan fingerprint density at radius 1 is 0.559 bits per heavy atom. The lowest BCUT2D eigenvalue weighted by Crippen LogP contribution is -2.61. The van der Waals surface area contributed by atoms with Crippen LogP contribution in [0, 0.1) is 17.8 Å². The summed E-state index contributed by atoms with van der Waals surface area (Å²) in [5.41, 5.74) is 21.8. The lowest BCUT2D eigenvalue weighted by Gasteiger charge is -2.28. The number of aliphatic carboxylic acids is 2. The van der Waals surface area contributed by atoms with Gasteiger partial charge < -0.3 is 70.2 Å². The van der Waals surface area contributed by atoms with Gasteiger partial charge >= 0.3 is 11.9 Å². The summed E-state index contributed by atoms with van der Waals surface area (Å²) in [6, 6.07) is -9.82. The topological polar surface area (TPSA) is 403 Å². The third kappa shape index (κ3) is 22.2. The van der Waals surface area contributed by atoms with Crippen LogP contribution in [0.1, 0.15) is 92.9 Å². The van der Waals surface area contributed by atoms with Crippen molar-refractivity contribution in [1.82, 2.24) is 31.9 Å². The number of hydrogen-bond acceptors (Lipinski definition) is 12. The molecule has 0 aromatic rings. The largest absolute Gasteiger partial charge is 0.481 e. The number of carbonyl (C=O) groups is 9. The second kappa shape index (κ2) is 27.2. The third-order valence-corrected chi connectivity index (χ3v) is 8.62. The molecule has 336 valence electrons. The minimum atomic E-state index is -1.70. The van der Waals surface area contributed by atoms with Crippen molar-refractivity contribution in [3.8, 4) is 0 Å². The van der Waals surface area contributed by atoms with E-state index in [0.717, 1.165) is 0 Å². The highest BCUT2D eigenvalue weighted by atomic mass is 16.4. The highest BCUT2D eigenvalue weighted by Gasteiger charge is 2.34. The second-order valence-corrected chi connectivity index (χ2v) is 15.3. The molecule has 59 heavy (non-hydrogen) atoms. The zero-order valence-corrected chi connectivity index (χ0v) is 34.6. The molecule has 23 heteroatoms. The number of carbonyl (C=O) groups excluding carboxylic acids is 7. The first-order valence-electron chi connectivity index (χ1n) is 19.4. The molecular formula is C36H65N11O12. The number of nitrogens with one attached hydrogen (secondary N) is 6. The maximum absolute atomic E-state index is 13.6. The lowest BCUT2D eigenvalue weighted by molar-refractivity contribution is -0.142. The van der Waals surface area contributed by atoms with Gasteiger partial charge in [0.2, 0.25) is 41.4 Å². The van der Waals surface area contributed by atoms with Crippen molar-refractivity contribution in [3.63, 3.8) is 0 Å². The normalized spacial score (nSPS) is 14.7. The number of carboxylic acid groups (broad SMARTS) is 2. The van der Waals surface area contributed by atoms with E-state index in [1.807, 2.05) is 13.8 Å². The summed E-state index contributed by atoms with van der Waals surface area (Å²) in [5, 5.41) is 43.4. The molecule has 17 N–H and O–H groups in total. The van der Waals surface area contributed by atoms with Crippen LogP contribution >= 0.6 is 0 Å². The Kier molecular flexibility index (Phi) is 24.6. The summed E-state index contributed by atoms with van der Waals surface area (Å²) >= 11 is 0. The molecule has 7 atom stereocenters. The number of guanidine groups is 1. The first kappa shape index (κ1) is 53.4. The molecule has 0 aliphatic rings. The van der Waals surface area contributed by atoms with Gasteiger partial charge in [-0.25, -0.2) is 4.79 Å². The molecule has 0 saturated heterocycles. The van der Waals surface area contributed by atoms with Crippen LogP contribution in [0.2, 0.25) is 0 Å². The summed E-state index contributed by atoms with van der Waals surface area (Å²) in [4.78, 5) is 119. The molecule has 0 fully saturated rings. The first-order chi connectivity index (χ1) is 27.4. The standard InChI is InChI=1S/C36H65N11O12/c1-17(2)14-20(37)29(52)47-28(19(5)6)34(57)46-25(16-48)33(56)43-22(10-12-27(50)51)30(53)42-21(9-11-26(38)49)31(54)45-24(15-18(3)4)32(55)44-23(35(58)59)8-7-13-41-36(39)40/h17-25,28,48H,7-16,37H2,1-6H3,(H2,38,49)(H,42,53)(H,43,56)(H,44,55)(H,45,54)(H,46,57)(H,47,52)(H,50,51)(H,58,59)(H4,39,40,41)/t20-,21-,22-,23-,24-,25-,28-/m0/s1. The van der Waals surface area contributed by atoms with Crippen LogP contribution < -0.4 is 54.8 Å². The summed E-state index contributed by atoms with van der Waals surface area (Å²) < 4.78 is 0. The molecule has 7 amide bonds. The third-order valence-electron chi connectivity index (χ3n) is 8.62. The molecule has 0 bridgehead atoms. The maximum atomic E-state index is 13.6. The smallest absolute Gasteiger partial charge is 0.326 e. The van der Waals surface area contributed by atoms with E-state index >= 15 is 0 Å². The summed E-state index contributed by atoms with van der Waals surface area (Å²) in [7, 11) is 0. The molecule has 0 aromatic heterocycles. The molecular weight excluding hydrogens is 778 g/mol. The minimum Gasteiger partial charge on any atom is -0.481 e. The molecule has 0 radical (unpaired) electrons. The van der Waals surface area contributed by atoms with Gasteiger partial charge in [-0.1, -0.05) is 41.5 Å². The Labute approximate surface area is 343 Å². The van der Waals surface area contributed by atoms with Gasteiger partial charge in [0.1, 0.15) is 36.3 Å². The van der Waals surface area contributed by atoms with Gasteiger partial charge in [0.25, 0.3) is 0 Å². The number of nitrogens with two attached hydrogens (primary N) is 4. The van der Waals surface area contributed by atoms with Crippen molar-refractivity contribution in [1.29, 1.82) is 0 Å². The number of nitrogens with zero attached hydrogens (tertiary/aromatic N) is 1. The monoisotopic (exact) mass is 843 g/mol. The second-order valence-electron chi connectivity index (χ2n) is 15.3. The minimum absolute atomic E-state index is 0.00601. The molecule has 0 spiro atoms. The van der Waals surface area contributed by atoms with E-state index in [1.165, 1.54) is 0 Å². The number of rotatable bonds is 29. The molecule has 0 unspecified atom stereocenters. The van der Waals surface area contributed by atoms with Gasteiger partial charge in [-0.15, -0.1) is 0 Å². The summed E-state index contributed by atoms with van der Waals surface area (Å²) in [6.07, 6.45) is -1.61. The lowest BCUT2D eigenvalue weighted by atomic mass is 10.00. The maximum Gasteiger partial charge on any atom is 0.326 e. The van der Waals surface area contributed by atoms with Crippen molar-refractivity contribution >= 4 is 59.2 Å². The van der Waals surface area contributed by atoms with Crippen molar-refractivity contribution in [3.05, 3.63) is 0 Å². The Bertz CT molecular complexity index is 1490. The fraction of sp³-hybridized carbons (Fsp3) is 0.722. The van der Waals surface area contributed by atoms with Gasteiger partial charge in [0, 0.05) is 19.4 Å². The van der Waals surface area contributed by atoms with Gasteiger partial charge in [0.15, 0.2) is 5.96 Å². The van der Waals surface area contributed by atoms with Crippen molar-refractivity contribution < 1.29 is 58.5 Å². The van der Waals surface area contributed by atoms with Gasteiger partial charge in [-0.3, -0.25) is 43.3 Å². The van der Waals surface area contributed by atoms with Crippen molar-refractivity contribution in [2.45, 2.75) is 135 Å². The quantitative estimate of drug-likeness (QED) is 0.0195. The fourth-order valence-corrected chi connectivity index (χ4v) is 5.51.